The predicted octanol–water partition coefficient (Wildman–Crippen LogP) is 6.39. The number of nitrogens with zero attached hydrogens (tertiary/aromatic N) is 2. The van der Waals surface area contributed by atoms with Crippen molar-refractivity contribution in [2.45, 2.75) is 13.8 Å². The molecule has 0 unspecified atom stereocenters. The van der Waals surface area contributed by atoms with Crippen molar-refractivity contribution in [1.82, 2.24) is 9.97 Å². The van der Waals surface area contributed by atoms with Crippen molar-refractivity contribution in [2.24, 2.45) is 0 Å². The Balaban J connectivity index is 1.42. The zero-order valence-electron chi connectivity index (χ0n) is 23.2. The van der Waals surface area contributed by atoms with Crippen LogP contribution in [0.25, 0.3) is 33.5 Å². The summed E-state index contributed by atoms with van der Waals surface area (Å²) in [5.74, 6) is 0.404. The van der Waals surface area contributed by atoms with Gasteiger partial charge in [-0.3, -0.25) is 4.79 Å². The Morgan fingerprint density at radius 2 is 1.27 bits per heavy atom. The molecule has 1 aromatic heterocycles. The quantitative estimate of drug-likeness (QED) is 0.225. The number of aryl methyl sites for hydroxylation is 2. The van der Waals surface area contributed by atoms with Crippen LogP contribution in [0.2, 0.25) is 0 Å². The lowest BCUT2D eigenvalue weighted by Crippen LogP contribution is -2.21. The van der Waals surface area contributed by atoms with E-state index in [9.17, 15) is 9.59 Å². The van der Waals surface area contributed by atoms with Gasteiger partial charge in [-0.05, 0) is 104 Å². The van der Waals surface area contributed by atoms with E-state index in [4.69, 9.17) is 24.2 Å². The summed E-state index contributed by atoms with van der Waals surface area (Å²) in [5, 5.41) is 2.75. The van der Waals surface area contributed by atoms with Gasteiger partial charge in [-0.1, -0.05) is 6.07 Å². The lowest BCUT2D eigenvalue weighted by molar-refractivity contribution is -0.119. The van der Waals surface area contributed by atoms with Gasteiger partial charge in [0.1, 0.15) is 11.5 Å². The average molecular weight is 548 g/mol. The number of rotatable bonds is 8. The SMILES string of the molecule is COc1ccc(-c2nc3ccc(C(=O)OCC(=O)Nc4ccc(C)c(C)c4)cc3nc2-c2ccc(OC)cc2)cc1. The van der Waals surface area contributed by atoms with Crippen LogP contribution in [0.5, 0.6) is 11.5 Å². The number of hydrogen-bond acceptors (Lipinski definition) is 7. The molecule has 4 aromatic carbocycles. The summed E-state index contributed by atoms with van der Waals surface area (Å²) in [6.07, 6.45) is 0. The summed E-state index contributed by atoms with van der Waals surface area (Å²) in [4.78, 5) is 35.0. The Morgan fingerprint density at radius 1 is 0.683 bits per heavy atom. The molecule has 5 aromatic rings. The fourth-order valence-corrected chi connectivity index (χ4v) is 4.31. The molecule has 206 valence electrons. The summed E-state index contributed by atoms with van der Waals surface area (Å²) < 4.78 is 15.9. The topological polar surface area (TPSA) is 99.6 Å². The number of fused-ring (bicyclic) bond motifs is 1. The number of carbonyl (C=O) groups is 2. The summed E-state index contributed by atoms with van der Waals surface area (Å²) in [6, 6.07) is 25.7. The summed E-state index contributed by atoms with van der Waals surface area (Å²) in [6.45, 7) is 3.55. The molecular formula is C33H29N3O5. The number of aromatic nitrogens is 2. The van der Waals surface area contributed by atoms with Gasteiger partial charge in [0.2, 0.25) is 0 Å². The minimum absolute atomic E-state index is 0.267. The first-order valence-electron chi connectivity index (χ1n) is 13.0. The molecule has 0 fully saturated rings. The maximum atomic E-state index is 12.8. The summed E-state index contributed by atoms with van der Waals surface area (Å²) in [5.41, 5.74) is 7.25. The Kier molecular flexibility index (Phi) is 7.92. The van der Waals surface area contributed by atoms with E-state index in [2.05, 4.69) is 5.32 Å². The smallest absolute Gasteiger partial charge is 0.338 e. The fraction of sp³-hybridized carbons (Fsp3) is 0.152. The second kappa shape index (κ2) is 11.9. The van der Waals surface area contributed by atoms with Gasteiger partial charge in [0.05, 0.1) is 42.2 Å². The molecular weight excluding hydrogens is 518 g/mol. The maximum Gasteiger partial charge on any atom is 0.338 e. The van der Waals surface area contributed by atoms with E-state index in [1.165, 1.54) is 0 Å². The normalized spacial score (nSPS) is 10.7. The Hall–Kier alpha value is -5.24. The van der Waals surface area contributed by atoms with Crippen LogP contribution in [0.15, 0.2) is 84.9 Å². The molecule has 0 spiro atoms. The first-order valence-corrected chi connectivity index (χ1v) is 13.0. The van der Waals surface area contributed by atoms with Crippen LogP contribution < -0.4 is 14.8 Å². The van der Waals surface area contributed by atoms with Gasteiger partial charge in [-0.25, -0.2) is 14.8 Å². The summed E-state index contributed by atoms with van der Waals surface area (Å²) >= 11 is 0. The third-order valence-corrected chi connectivity index (χ3v) is 6.75. The number of methoxy groups -OCH3 is 2. The Labute approximate surface area is 237 Å². The van der Waals surface area contributed by atoms with E-state index in [-0.39, 0.29) is 5.56 Å². The molecule has 0 radical (unpaired) electrons. The molecule has 1 N–H and O–H groups in total. The van der Waals surface area contributed by atoms with E-state index < -0.39 is 18.5 Å². The van der Waals surface area contributed by atoms with Gasteiger partial charge in [0.15, 0.2) is 6.61 Å². The molecule has 5 rings (SSSR count). The first-order chi connectivity index (χ1) is 19.8. The minimum Gasteiger partial charge on any atom is -0.497 e. The van der Waals surface area contributed by atoms with Crippen molar-refractivity contribution in [2.75, 3.05) is 26.1 Å². The lowest BCUT2D eigenvalue weighted by Gasteiger charge is -2.12. The fourth-order valence-electron chi connectivity index (χ4n) is 4.31. The highest BCUT2D eigenvalue weighted by Gasteiger charge is 2.17. The monoisotopic (exact) mass is 547 g/mol. The van der Waals surface area contributed by atoms with Gasteiger partial charge >= 0.3 is 5.97 Å². The van der Waals surface area contributed by atoms with Crippen molar-refractivity contribution < 1.29 is 23.8 Å². The van der Waals surface area contributed by atoms with Crippen LogP contribution in [0, 0.1) is 13.8 Å². The molecule has 8 nitrogen and oxygen atoms in total. The third-order valence-electron chi connectivity index (χ3n) is 6.75. The number of esters is 1. The highest BCUT2D eigenvalue weighted by molar-refractivity contribution is 5.98. The largest absolute Gasteiger partial charge is 0.497 e. The Morgan fingerprint density at radius 3 is 1.83 bits per heavy atom. The van der Waals surface area contributed by atoms with Gasteiger partial charge in [0.25, 0.3) is 5.91 Å². The van der Waals surface area contributed by atoms with Crippen molar-refractivity contribution in [3.63, 3.8) is 0 Å². The van der Waals surface area contributed by atoms with Gasteiger partial charge in [-0.2, -0.15) is 0 Å². The van der Waals surface area contributed by atoms with E-state index in [1.807, 2.05) is 80.6 Å². The number of ether oxygens (including phenoxy) is 3. The van der Waals surface area contributed by atoms with Crippen LogP contribution in [0.1, 0.15) is 21.5 Å². The van der Waals surface area contributed by atoms with Crippen LogP contribution >= 0.6 is 0 Å². The van der Waals surface area contributed by atoms with Crippen molar-refractivity contribution >= 4 is 28.6 Å². The van der Waals surface area contributed by atoms with E-state index in [1.54, 1.807) is 32.4 Å². The number of nitrogens with one attached hydrogen (secondary N) is 1. The molecule has 0 saturated carbocycles. The van der Waals surface area contributed by atoms with Crippen molar-refractivity contribution in [3.05, 3.63) is 102 Å². The van der Waals surface area contributed by atoms with Gasteiger partial charge < -0.3 is 19.5 Å². The molecule has 41 heavy (non-hydrogen) atoms. The average Bonchev–Trinajstić information content (AvgIpc) is 3.01. The number of amides is 1. The van der Waals surface area contributed by atoms with Crippen LogP contribution in [0.3, 0.4) is 0 Å². The highest BCUT2D eigenvalue weighted by atomic mass is 16.5. The second-order valence-corrected chi connectivity index (χ2v) is 9.50. The van der Waals surface area contributed by atoms with Crippen molar-refractivity contribution in [1.29, 1.82) is 0 Å². The molecule has 0 aliphatic heterocycles. The van der Waals surface area contributed by atoms with Crippen LogP contribution in [-0.2, 0) is 9.53 Å². The highest BCUT2D eigenvalue weighted by Crippen LogP contribution is 2.33. The molecule has 1 amide bonds. The van der Waals surface area contributed by atoms with Crippen LogP contribution in [-0.4, -0.2) is 42.7 Å². The number of anilines is 1. The molecule has 8 heteroatoms. The van der Waals surface area contributed by atoms with Gasteiger partial charge in [0, 0.05) is 16.8 Å². The van der Waals surface area contributed by atoms with Crippen molar-refractivity contribution in [3.8, 4) is 34.0 Å². The standard InChI is InChI=1S/C33H29N3O5/c1-20-5-11-25(17-21(20)2)34-30(37)19-41-33(38)24-10-16-28-29(18-24)36-32(23-8-14-27(40-4)15-9-23)31(35-28)22-6-12-26(39-3)13-7-22/h5-18H,19H2,1-4H3,(H,34,37). The number of hydrogen-bond donors (Lipinski definition) is 1. The second-order valence-electron chi connectivity index (χ2n) is 9.50. The van der Waals surface area contributed by atoms with Crippen LogP contribution in [0.4, 0.5) is 5.69 Å². The molecule has 0 saturated heterocycles. The molecule has 0 atom stereocenters. The molecule has 0 aliphatic carbocycles. The van der Waals surface area contributed by atoms with Gasteiger partial charge in [-0.15, -0.1) is 0 Å². The third kappa shape index (κ3) is 6.17. The first kappa shape index (κ1) is 27.3. The number of carbonyl (C=O) groups excluding carboxylic acids is 2. The van der Waals surface area contributed by atoms with E-state index in [0.29, 0.717) is 28.1 Å². The lowest BCUT2D eigenvalue weighted by atomic mass is 10.0. The Bertz CT molecular complexity index is 1730. The minimum atomic E-state index is -0.630. The van der Waals surface area contributed by atoms with E-state index >= 15 is 0 Å². The number of benzene rings is 4. The predicted molar refractivity (Wildman–Crippen MR) is 158 cm³/mol. The molecule has 0 aliphatic rings. The summed E-state index contributed by atoms with van der Waals surface area (Å²) in [7, 11) is 3.23. The molecule has 1 heterocycles. The van der Waals surface area contributed by atoms with E-state index in [0.717, 1.165) is 33.8 Å². The zero-order chi connectivity index (χ0) is 28.9. The zero-order valence-corrected chi connectivity index (χ0v) is 23.2. The maximum absolute atomic E-state index is 12.8. The molecule has 0 bridgehead atoms.